The van der Waals surface area contributed by atoms with Crippen LogP contribution in [-0.4, -0.2) is 24.5 Å². The molecule has 0 aliphatic heterocycles. The van der Waals surface area contributed by atoms with Crippen LogP contribution >= 0.6 is 0 Å². The van der Waals surface area contributed by atoms with Crippen molar-refractivity contribution in [1.82, 2.24) is 10.3 Å². The highest BCUT2D eigenvalue weighted by molar-refractivity contribution is 5.78. The van der Waals surface area contributed by atoms with Crippen LogP contribution in [0.3, 0.4) is 0 Å². The van der Waals surface area contributed by atoms with Crippen LogP contribution in [0.2, 0.25) is 0 Å². The maximum absolute atomic E-state index is 12.6. The Morgan fingerprint density at radius 3 is 2.41 bits per heavy atom. The Hall–Kier alpha value is -1.58. The van der Waals surface area contributed by atoms with E-state index in [2.05, 4.69) is 23.3 Å². The fraction of sp³-hybridized carbons (Fsp3) is 0.739. The van der Waals surface area contributed by atoms with E-state index in [4.69, 9.17) is 4.74 Å². The van der Waals surface area contributed by atoms with Crippen molar-refractivity contribution in [1.29, 1.82) is 0 Å². The number of amides is 1. The van der Waals surface area contributed by atoms with Gasteiger partial charge in [-0.25, -0.2) is 4.98 Å². The van der Waals surface area contributed by atoms with E-state index >= 15 is 0 Å². The zero-order chi connectivity index (χ0) is 18.9. The molecule has 0 aromatic carbocycles. The number of aromatic nitrogens is 1. The number of methoxy groups -OCH3 is 1. The van der Waals surface area contributed by atoms with E-state index in [0.29, 0.717) is 16.7 Å². The van der Waals surface area contributed by atoms with Gasteiger partial charge in [-0.2, -0.15) is 0 Å². The molecule has 1 amide bonds. The number of ether oxygens (including phenoxy) is 1. The average molecular weight is 371 g/mol. The van der Waals surface area contributed by atoms with Gasteiger partial charge in [-0.1, -0.05) is 19.3 Å². The molecular formula is C23H34N2O2. The minimum absolute atomic E-state index is 0.273. The second-order valence-electron chi connectivity index (χ2n) is 9.38. The minimum atomic E-state index is 0.273. The summed E-state index contributed by atoms with van der Waals surface area (Å²) in [7, 11) is 1.68. The molecule has 0 atom stereocenters. The van der Waals surface area contributed by atoms with Gasteiger partial charge in [0, 0.05) is 24.2 Å². The first-order chi connectivity index (χ1) is 13.1. The lowest BCUT2D eigenvalue weighted by molar-refractivity contribution is -0.127. The second kappa shape index (κ2) is 7.44. The van der Waals surface area contributed by atoms with Gasteiger partial charge in [0.15, 0.2) is 0 Å². The molecule has 4 fully saturated rings. The summed E-state index contributed by atoms with van der Waals surface area (Å²) in [5, 5.41) is 3.35. The monoisotopic (exact) mass is 370 g/mol. The summed E-state index contributed by atoms with van der Waals surface area (Å²) in [5.41, 5.74) is 3.15. The number of hydrogen-bond acceptors (Lipinski definition) is 3. The van der Waals surface area contributed by atoms with Crippen molar-refractivity contribution in [2.24, 2.45) is 11.3 Å². The van der Waals surface area contributed by atoms with E-state index in [1.54, 1.807) is 7.11 Å². The smallest absolute Gasteiger partial charge is 0.223 e. The third kappa shape index (κ3) is 3.60. The van der Waals surface area contributed by atoms with Gasteiger partial charge in [-0.05, 0) is 80.8 Å². The standard InChI is InChI=1S/C23H34N2O2/c1-17-14-19(15-24-21(17)27-2)23-11-8-22(9-12-23,10-13-23)16-25-20(26)18-6-4-3-5-7-18/h14-15,18H,3-13,16H2,1-2H3,(H,25,26). The fourth-order valence-corrected chi connectivity index (χ4v) is 5.81. The highest BCUT2D eigenvalue weighted by Crippen LogP contribution is 2.57. The lowest BCUT2D eigenvalue weighted by atomic mass is 9.52. The number of nitrogens with one attached hydrogen (secondary N) is 1. The van der Waals surface area contributed by atoms with Crippen LogP contribution < -0.4 is 10.1 Å². The number of carbonyl (C=O) groups is 1. The summed E-state index contributed by atoms with van der Waals surface area (Å²) in [5.74, 6) is 1.33. The maximum atomic E-state index is 12.6. The summed E-state index contributed by atoms with van der Waals surface area (Å²) >= 11 is 0. The van der Waals surface area contributed by atoms with Crippen molar-refractivity contribution < 1.29 is 9.53 Å². The maximum Gasteiger partial charge on any atom is 0.223 e. The summed E-state index contributed by atoms with van der Waals surface area (Å²) in [6.07, 6.45) is 15.3. The number of rotatable bonds is 5. The molecule has 1 aromatic heterocycles. The third-order valence-corrected chi connectivity index (χ3v) is 7.85. The molecule has 2 bridgehead atoms. The van der Waals surface area contributed by atoms with Crippen molar-refractivity contribution in [2.75, 3.05) is 13.7 Å². The SMILES string of the molecule is COc1ncc(C23CCC(CNC(=O)C4CCCCC4)(CC2)CC3)cc1C. The van der Waals surface area contributed by atoms with Gasteiger partial charge in [0.05, 0.1) is 7.11 Å². The molecule has 4 aliphatic rings. The average Bonchev–Trinajstić information content (AvgIpc) is 2.74. The largest absolute Gasteiger partial charge is 0.481 e. The fourth-order valence-electron chi connectivity index (χ4n) is 5.81. The molecule has 4 aliphatic carbocycles. The molecule has 0 unspecified atom stereocenters. The minimum Gasteiger partial charge on any atom is -0.481 e. The number of fused-ring (bicyclic) bond motifs is 3. The number of hydrogen-bond donors (Lipinski definition) is 1. The van der Waals surface area contributed by atoms with Gasteiger partial charge < -0.3 is 10.1 Å². The van der Waals surface area contributed by atoms with E-state index in [1.165, 1.54) is 63.4 Å². The van der Waals surface area contributed by atoms with Gasteiger partial charge >= 0.3 is 0 Å². The Balaban J connectivity index is 1.37. The third-order valence-electron chi connectivity index (χ3n) is 7.85. The highest BCUT2D eigenvalue weighted by atomic mass is 16.5. The van der Waals surface area contributed by atoms with Crippen LogP contribution in [0.5, 0.6) is 5.88 Å². The van der Waals surface area contributed by atoms with Gasteiger partial charge in [-0.3, -0.25) is 4.79 Å². The Labute approximate surface area is 163 Å². The number of nitrogens with zero attached hydrogens (tertiary/aromatic N) is 1. The number of carbonyl (C=O) groups excluding carboxylic acids is 1. The summed E-state index contributed by atoms with van der Waals surface area (Å²) in [6, 6.07) is 2.29. The Morgan fingerprint density at radius 1 is 1.15 bits per heavy atom. The molecule has 1 N–H and O–H groups in total. The molecule has 0 spiro atoms. The van der Waals surface area contributed by atoms with Gasteiger partial charge in [0.2, 0.25) is 11.8 Å². The van der Waals surface area contributed by atoms with E-state index < -0.39 is 0 Å². The lowest BCUT2D eigenvalue weighted by Gasteiger charge is -2.54. The van der Waals surface area contributed by atoms with E-state index in [1.807, 2.05) is 6.20 Å². The van der Waals surface area contributed by atoms with Crippen LogP contribution in [0.4, 0.5) is 0 Å². The molecule has 1 aromatic rings. The predicted molar refractivity (Wildman–Crippen MR) is 107 cm³/mol. The Kier molecular flexibility index (Phi) is 5.17. The van der Waals surface area contributed by atoms with E-state index in [9.17, 15) is 4.79 Å². The van der Waals surface area contributed by atoms with Crippen LogP contribution in [0, 0.1) is 18.3 Å². The lowest BCUT2D eigenvalue weighted by Crippen LogP contribution is -2.50. The molecule has 4 saturated carbocycles. The zero-order valence-electron chi connectivity index (χ0n) is 17.0. The van der Waals surface area contributed by atoms with Gasteiger partial charge in [0.1, 0.15) is 0 Å². The van der Waals surface area contributed by atoms with E-state index in [-0.39, 0.29) is 5.92 Å². The zero-order valence-corrected chi connectivity index (χ0v) is 17.0. The highest BCUT2D eigenvalue weighted by Gasteiger charge is 2.49. The van der Waals surface area contributed by atoms with Crippen molar-refractivity contribution >= 4 is 5.91 Å². The molecule has 27 heavy (non-hydrogen) atoms. The van der Waals surface area contributed by atoms with Crippen molar-refractivity contribution in [3.63, 3.8) is 0 Å². The van der Waals surface area contributed by atoms with Crippen LogP contribution in [0.1, 0.15) is 81.8 Å². The first-order valence-electron chi connectivity index (χ1n) is 10.8. The van der Waals surface area contributed by atoms with Crippen LogP contribution in [-0.2, 0) is 10.2 Å². The van der Waals surface area contributed by atoms with Crippen molar-refractivity contribution in [3.05, 3.63) is 23.4 Å². The quantitative estimate of drug-likeness (QED) is 0.818. The number of aryl methyl sites for hydroxylation is 1. The van der Waals surface area contributed by atoms with E-state index in [0.717, 1.165) is 30.8 Å². The molecule has 148 valence electrons. The number of pyridine rings is 1. The Morgan fingerprint density at radius 2 is 1.81 bits per heavy atom. The van der Waals surface area contributed by atoms with Crippen molar-refractivity contribution in [2.45, 2.75) is 83.0 Å². The molecule has 4 nitrogen and oxygen atoms in total. The van der Waals surface area contributed by atoms with Crippen LogP contribution in [0.25, 0.3) is 0 Å². The molecule has 0 saturated heterocycles. The molecule has 5 rings (SSSR count). The Bertz CT molecular complexity index is 669. The first-order valence-corrected chi connectivity index (χ1v) is 10.8. The normalized spacial score (nSPS) is 30.9. The first kappa shape index (κ1) is 18.8. The summed E-state index contributed by atoms with van der Waals surface area (Å²) in [6.45, 7) is 2.97. The van der Waals surface area contributed by atoms with Gasteiger partial charge in [-0.15, -0.1) is 0 Å². The second-order valence-corrected chi connectivity index (χ2v) is 9.38. The predicted octanol–water partition coefficient (Wildman–Crippen LogP) is 4.69. The molecule has 4 heteroatoms. The molecule has 0 radical (unpaired) electrons. The van der Waals surface area contributed by atoms with Gasteiger partial charge in [0.25, 0.3) is 0 Å². The topological polar surface area (TPSA) is 51.2 Å². The molecule has 1 heterocycles. The summed E-state index contributed by atoms with van der Waals surface area (Å²) in [4.78, 5) is 17.1. The molecular weight excluding hydrogens is 336 g/mol. The van der Waals surface area contributed by atoms with Crippen molar-refractivity contribution in [3.8, 4) is 5.88 Å². The summed E-state index contributed by atoms with van der Waals surface area (Å²) < 4.78 is 5.33. The van der Waals surface area contributed by atoms with Crippen LogP contribution in [0.15, 0.2) is 12.3 Å².